The molecule has 1 heterocycles. The lowest BCUT2D eigenvalue weighted by Crippen LogP contribution is -2.64. The molecule has 4 aromatic carbocycles. The molecule has 34 heavy (non-hydrogen) atoms. The zero-order valence-electron chi connectivity index (χ0n) is 19.1. The quantitative estimate of drug-likeness (QED) is 0.269. The van der Waals surface area contributed by atoms with E-state index in [0.29, 0.717) is 6.61 Å². The van der Waals surface area contributed by atoms with Gasteiger partial charge in [0.15, 0.2) is 0 Å². The first-order valence-electron chi connectivity index (χ1n) is 11.3. The van der Waals surface area contributed by atoms with Crippen LogP contribution in [-0.4, -0.2) is 20.1 Å². The van der Waals surface area contributed by atoms with Gasteiger partial charge in [0.2, 0.25) is 0 Å². The molecule has 0 saturated heterocycles. The second-order valence-corrected chi connectivity index (χ2v) is 8.99. The minimum absolute atomic E-state index is 0.318. The summed E-state index contributed by atoms with van der Waals surface area (Å²) in [4.78, 5) is 0. The number of benzene rings is 4. The number of rotatable bonds is 4. The van der Waals surface area contributed by atoms with E-state index in [1.54, 1.807) is 36.4 Å². The molecule has 0 saturated carbocycles. The maximum Gasteiger partial charge on any atom is 0.378 e. The average Bonchev–Trinajstić information content (AvgIpc) is 3.14. The zero-order chi connectivity index (χ0) is 23.9. The van der Waals surface area contributed by atoms with E-state index in [1.165, 1.54) is 36.4 Å². The molecule has 0 atom stereocenters. The molecule has 0 amide bonds. The van der Waals surface area contributed by atoms with E-state index in [2.05, 4.69) is 28.6 Å². The second-order valence-electron chi connectivity index (χ2n) is 8.99. The van der Waals surface area contributed by atoms with Crippen LogP contribution in [0.15, 0.2) is 97.1 Å². The van der Waals surface area contributed by atoms with Gasteiger partial charge in [0.05, 0.1) is 7.11 Å². The normalized spacial score (nSPS) is 15.7. The second kappa shape index (κ2) is 8.66. The molecule has 5 rings (SSSR count). The topological polar surface area (TPSA) is 2.70 Å². The molecule has 0 aromatic heterocycles. The van der Waals surface area contributed by atoms with E-state index >= 15 is 0 Å². The standard InChI is InChI=1S/C29H24BF3O/c1-20-3-5-21(6-4-20)28-19-34(2)30(23-9-15-26(32)16-10-23,24-11-17-27(33)18-12-24)29(28)22-7-13-25(31)14-8-22/h3-18H,19H2,1-2H3. The van der Waals surface area contributed by atoms with E-state index in [0.717, 1.165) is 38.7 Å². The van der Waals surface area contributed by atoms with Crippen molar-refractivity contribution in [3.8, 4) is 0 Å². The Morgan fingerprint density at radius 2 is 1.00 bits per heavy atom. The molecule has 170 valence electrons. The zero-order valence-corrected chi connectivity index (χ0v) is 19.1. The van der Waals surface area contributed by atoms with Gasteiger partial charge in [-0.25, -0.2) is 13.2 Å². The molecule has 0 bridgehead atoms. The van der Waals surface area contributed by atoms with Crippen molar-refractivity contribution < 1.29 is 17.5 Å². The molecule has 0 N–H and O–H groups in total. The minimum Gasteiger partial charge on any atom is -0.659 e. The fraction of sp³-hybridized carbons (Fsp3) is 0.103. The third-order valence-corrected chi connectivity index (χ3v) is 6.94. The summed E-state index contributed by atoms with van der Waals surface area (Å²) >= 11 is 0. The van der Waals surface area contributed by atoms with Gasteiger partial charge in [-0.15, -0.1) is 10.9 Å². The van der Waals surface area contributed by atoms with Crippen molar-refractivity contribution in [2.24, 2.45) is 0 Å². The molecule has 0 spiro atoms. The van der Waals surface area contributed by atoms with Gasteiger partial charge < -0.3 is 4.28 Å². The predicted molar refractivity (Wildman–Crippen MR) is 134 cm³/mol. The summed E-state index contributed by atoms with van der Waals surface area (Å²) in [6.07, 6.45) is -1.86. The van der Waals surface area contributed by atoms with Crippen LogP contribution in [0.4, 0.5) is 13.2 Å². The lowest BCUT2D eigenvalue weighted by atomic mass is 9.27. The molecule has 0 unspecified atom stereocenters. The van der Waals surface area contributed by atoms with E-state index in [4.69, 9.17) is 0 Å². The van der Waals surface area contributed by atoms with Crippen molar-refractivity contribution in [3.63, 3.8) is 0 Å². The Hall–Kier alpha value is -3.57. The van der Waals surface area contributed by atoms with Crippen LogP contribution in [0.5, 0.6) is 0 Å². The maximum absolute atomic E-state index is 14.0. The largest absolute Gasteiger partial charge is 0.659 e. The van der Waals surface area contributed by atoms with Crippen molar-refractivity contribution >= 4 is 28.3 Å². The maximum atomic E-state index is 14.0. The number of aryl methyl sites for hydroxylation is 1. The summed E-state index contributed by atoms with van der Waals surface area (Å²) in [6, 6.07) is 27.7. The summed E-state index contributed by atoms with van der Waals surface area (Å²) in [7, 11) is 1.96. The van der Waals surface area contributed by atoms with Gasteiger partial charge in [0, 0.05) is 5.57 Å². The van der Waals surface area contributed by atoms with Gasteiger partial charge in [-0.3, -0.25) is 0 Å². The van der Waals surface area contributed by atoms with Gasteiger partial charge in [-0.2, -0.15) is 0 Å². The molecule has 0 radical (unpaired) electrons. The highest BCUT2D eigenvalue weighted by atomic mass is 19.1. The van der Waals surface area contributed by atoms with Crippen molar-refractivity contribution in [3.05, 3.63) is 131 Å². The highest BCUT2D eigenvalue weighted by Crippen LogP contribution is 2.43. The van der Waals surface area contributed by atoms with Crippen molar-refractivity contribution in [2.75, 3.05) is 13.7 Å². The van der Waals surface area contributed by atoms with Gasteiger partial charge in [0.25, 0.3) is 0 Å². The fourth-order valence-corrected chi connectivity index (χ4v) is 5.37. The smallest absolute Gasteiger partial charge is 0.378 e. The molecular weight excluding hydrogens is 432 g/mol. The monoisotopic (exact) mass is 456 g/mol. The summed E-state index contributed by atoms with van der Waals surface area (Å²) < 4.78 is 45.2. The Morgan fingerprint density at radius 3 is 1.47 bits per heavy atom. The Bertz CT molecular complexity index is 1300. The highest BCUT2D eigenvalue weighted by Gasteiger charge is 2.51. The Balaban J connectivity index is 1.89. The first kappa shape index (κ1) is 22.2. The molecule has 4 aromatic rings. The lowest BCUT2D eigenvalue weighted by Gasteiger charge is -2.43. The summed E-state index contributed by atoms with van der Waals surface area (Å²) in [6.45, 7) is 2.59. The number of hydrogen-bond donors (Lipinski definition) is 0. The fourth-order valence-electron chi connectivity index (χ4n) is 5.37. The van der Waals surface area contributed by atoms with Crippen LogP contribution in [0.3, 0.4) is 0 Å². The van der Waals surface area contributed by atoms with Crippen LogP contribution in [-0.2, 0) is 4.28 Å². The van der Waals surface area contributed by atoms with Crippen LogP contribution >= 0.6 is 0 Å². The van der Waals surface area contributed by atoms with Crippen LogP contribution in [0.25, 0.3) is 11.0 Å². The van der Waals surface area contributed by atoms with Gasteiger partial charge in [-0.05, 0) is 48.9 Å². The van der Waals surface area contributed by atoms with Crippen molar-refractivity contribution in [2.45, 2.75) is 6.92 Å². The minimum atomic E-state index is -1.86. The number of hydrogen-bond acceptors (Lipinski definition) is 0. The Labute approximate surface area is 197 Å². The molecule has 5 heteroatoms. The molecular formula is C29H24BF3O. The van der Waals surface area contributed by atoms with Gasteiger partial charge in [0.1, 0.15) is 24.1 Å². The molecule has 1 aliphatic rings. The number of halogens is 3. The van der Waals surface area contributed by atoms with Crippen LogP contribution in [0.1, 0.15) is 16.7 Å². The average molecular weight is 456 g/mol. The van der Waals surface area contributed by atoms with Crippen molar-refractivity contribution in [1.82, 2.24) is 0 Å². The molecule has 0 fully saturated rings. The SMILES string of the molecule is Cc1ccc(C2=C(c3ccc(F)cc3)[B-](c3ccc(F)cc3)(c3ccc(F)cc3)[O+](C)C2)cc1. The molecule has 1 nitrogen and oxygen atoms in total. The first-order chi connectivity index (χ1) is 16.4. The van der Waals surface area contributed by atoms with Crippen LogP contribution in [0, 0.1) is 24.4 Å². The molecule has 0 aliphatic carbocycles. The highest BCUT2D eigenvalue weighted by molar-refractivity contribution is 7.13. The van der Waals surface area contributed by atoms with Gasteiger partial charge in [-0.1, -0.05) is 77.3 Å². The molecule has 1 aliphatic heterocycles. The third kappa shape index (κ3) is 3.66. The summed E-state index contributed by atoms with van der Waals surface area (Å²) in [5, 5.41) is 0. The van der Waals surface area contributed by atoms with E-state index in [-0.39, 0.29) is 17.5 Å². The van der Waals surface area contributed by atoms with Crippen molar-refractivity contribution in [1.29, 1.82) is 0 Å². The summed E-state index contributed by atoms with van der Waals surface area (Å²) in [5.41, 5.74) is 6.89. The van der Waals surface area contributed by atoms with E-state index in [9.17, 15) is 13.2 Å². The summed E-state index contributed by atoms with van der Waals surface area (Å²) in [5.74, 6) is -0.974. The van der Waals surface area contributed by atoms with Crippen LogP contribution in [0.2, 0.25) is 0 Å². The van der Waals surface area contributed by atoms with E-state index in [1.807, 2.05) is 14.0 Å². The van der Waals surface area contributed by atoms with E-state index < -0.39 is 6.35 Å². The Morgan fingerprint density at radius 1 is 0.588 bits per heavy atom. The first-order valence-corrected chi connectivity index (χ1v) is 11.3. The third-order valence-electron chi connectivity index (χ3n) is 6.94. The van der Waals surface area contributed by atoms with Crippen LogP contribution < -0.4 is 10.9 Å². The van der Waals surface area contributed by atoms with Gasteiger partial charge >= 0.3 is 6.35 Å². The Kier molecular flexibility index (Phi) is 5.66. The predicted octanol–water partition coefficient (Wildman–Crippen LogP) is 5.82. The lowest BCUT2D eigenvalue weighted by molar-refractivity contribution is 0.0930.